The van der Waals surface area contributed by atoms with Gasteiger partial charge in [-0.15, -0.1) is 0 Å². The van der Waals surface area contributed by atoms with Crippen molar-refractivity contribution in [3.63, 3.8) is 0 Å². The SMILES string of the molecule is CCCOc1ccc(/C(O)=C2\C(=O)C(=O)N(c3nc4c(C)cc(C)cc4s3)C2c2ccncc2)cc1. The first-order valence-electron chi connectivity index (χ1n) is 11.7. The second kappa shape index (κ2) is 9.54. The van der Waals surface area contributed by atoms with Gasteiger partial charge >= 0.3 is 5.91 Å². The number of ketones is 1. The molecule has 0 bridgehead atoms. The predicted octanol–water partition coefficient (Wildman–Crippen LogP) is 5.72. The van der Waals surface area contributed by atoms with Gasteiger partial charge in [0.05, 0.1) is 28.4 Å². The van der Waals surface area contributed by atoms with Gasteiger partial charge in [0.15, 0.2) is 5.13 Å². The van der Waals surface area contributed by atoms with Crippen LogP contribution in [0.2, 0.25) is 0 Å². The van der Waals surface area contributed by atoms with Crippen LogP contribution in [0.25, 0.3) is 16.0 Å². The van der Waals surface area contributed by atoms with Gasteiger partial charge in [-0.1, -0.05) is 24.3 Å². The van der Waals surface area contributed by atoms with Gasteiger partial charge in [0.1, 0.15) is 11.5 Å². The maximum atomic E-state index is 13.4. The number of nitrogens with zero attached hydrogens (tertiary/aromatic N) is 3. The predicted molar refractivity (Wildman–Crippen MR) is 140 cm³/mol. The monoisotopic (exact) mass is 499 g/mol. The number of hydrogen-bond donors (Lipinski definition) is 1. The standard InChI is InChI=1S/C28H25N3O4S/c1-4-13-35-20-7-5-19(6-8-20)25(32)22-24(18-9-11-29-12-10-18)31(27(34)26(22)33)28-30-23-17(3)14-16(2)15-21(23)36-28/h5-12,14-15,24,32H,4,13H2,1-3H3/b25-22+. The Hall–Kier alpha value is -4.04. The van der Waals surface area contributed by atoms with E-state index in [1.165, 1.54) is 16.2 Å². The minimum Gasteiger partial charge on any atom is -0.507 e. The molecule has 0 radical (unpaired) electrons. The molecule has 2 aromatic heterocycles. The van der Waals surface area contributed by atoms with E-state index < -0.39 is 17.7 Å². The van der Waals surface area contributed by atoms with Crippen LogP contribution in [0.4, 0.5) is 5.13 Å². The molecule has 1 amide bonds. The van der Waals surface area contributed by atoms with Crippen LogP contribution in [0, 0.1) is 13.8 Å². The van der Waals surface area contributed by atoms with Crippen LogP contribution >= 0.6 is 11.3 Å². The minimum absolute atomic E-state index is 0.0144. The molecule has 1 aliphatic rings. The fourth-order valence-electron chi connectivity index (χ4n) is 4.44. The lowest BCUT2D eigenvalue weighted by atomic mass is 9.96. The molecule has 36 heavy (non-hydrogen) atoms. The summed E-state index contributed by atoms with van der Waals surface area (Å²) in [5.74, 6) is -1.06. The van der Waals surface area contributed by atoms with Crippen molar-refractivity contribution in [1.29, 1.82) is 0 Å². The van der Waals surface area contributed by atoms with Crippen molar-refractivity contribution < 1.29 is 19.4 Å². The quantitative estimate of drug-likeness (QED) is 0.207. The number of pyridine rings is 1. The van der Waals surface area contributed by atoms with Gasteiger partial charge in [-0.3, -0.25) is 19.5 Å². The summed E-state index contributed by atoms with van der Waals surface area (Å²) < 4.78 is 6.56. The number of aliphatic hydroxyl groups is 1. The molecule has 0 aliphatic carbocycles. The second-order valence-electron chi connectivity index (χ2n) is 8.75. The van der Waals surface area contributed by atoms with Crippen molar-refractivity contribution in [2.45, 2.75) is 33.2 Å². The highest BCUT2D eigenvalue weighted by Gasteiger charge is 2.48. The van der Waals surface area contributed by atoms with Crippen LogP contribution < -0.4 is 9.64 Å². The molecule has 3 heterocycles. The third-order valence-electron chi connectivity index (χ3n) is 6.09. The normalized spacial score (nSPS) is 17.2. The Morgan fingerprint density at radius 2 is 1.81 bits per heavy atom. The molecule has 7 nitrogen and oxygen atoms in total. The van der Waals surface area contributed by atoms with Crippen LogP contribution in [0.15, 0.2) is 66.5 Å². The van der Waals surface area contributed by atoms with Gasteiger partial charge in [0.2, 0.25) is 0 Å². The van der Waals surface area contributed by atoms with Crippen molar-refractivity contribution in [1.82, 2.24) is 9.97 Å². The Morgan fingerprint density at radius 1 is 1.08 bits per heavy atom. The third kappa shape index (κ3) is 4.13. The lowest BCUT2D eigenvalue weighted by molar-refractivity contribution is -0.132. The molecule has 182 valence electrons. The average Bonchev–Trinajstić information content (AvgIpc) is 3.42. The number of aliphatic hydroxyl groups excluding tert-OH is 1. The van der Waals surface area contributed by atoms with Crippen LogP contribution in [0.3, 0.4) is 0 Å². The fraction of sp³-hybridized carbons (Fsp3) is 0.214. The molecule has 1 unspecified atom stereocenters. The second-order valence-corrected chi connectivity index (χ2v) is 9.76. The molecule has 8 heteroatoms. The summed E-state index contributed by atoms with van der Waals surface area (Å²) in [5, 5.41) is 11.7. The summed E-state index contributed by atoms with van der Waals surface area (Å²) in [5.41, 5.74) is 3.97. The topological polar surface area (TPSA) is 92.6 Å². The highest BCUT2D eigenvalue weighted by atomic mass is 32.1. The Morgan fingerprint density at radius 3 is 2.50 bits per heavy atom. The number of aryl methyl sites for hydroxylation is 2. The molecule has 5 rings (SSSR count). The molecule has 1 atom stereocenters. The van der Waals surface area contributed by atoms with Gasteiger partial charge in [0.25, 0.3) is 5.78 Å². The van der Waals surface area contributed by atoms with E-state index in [-0.39, 0.29) is 11.3 Å². The van der Waals surface area contributed by atoms with Crippen LogP contribution in [0.5, 0.6) is 5.75 Å². The molecular formula is C28H25N3O4S. The number of fused-ring (bicyclic) bond motifs is 1. The van der Waals surface area contributed by atoms with E-state index in [1.807, 2.05) is 32.9 Å². The van der Waals surface area contributed by atoms with Gasteiger partial charge in [-0.25, -0.2) is 4.98 Å². The van der Waals surface area contributed by atoms with Crippen molar-refractivity contribution in [2.24, 2.45) is 0 Å². The summed E-state index contributed by atoms with van der Waals surface area (Å²) >= 11 is 1.35. The van der Waals surface area contributed by atoms with E-state index in [2.05, 4.69) is 4.98 Å². The number of carbonyl (C=O) groups excluding carboxylic acids is 2. The average molecular weight is 500 g/mol. The van der Waals surface area contributed by atoms with E-state index in [0.29, 0.717) is 28.6 Å². The maximum absolute atomic E-state index is 13.4. The highest BCUT2D eigenvalue weighted by molar-refractivity contribution is 7.22. The molecular weight excluding hydrogens is 474 g/mol. The number of Topliss-reactive ketones (excluding diaryl/α,β-unsaturated/α-hetero) is 1. The van der Waals surface area contributed by atoms with E-state index >= 15 is 0 Å². The molecule has 1 fully saturated rings. The van der Waals surface area contributed by atoms with Gasteiger partial charge < -0.3 is 9.84 Å². The first kappa shape index (κ1) is 23.7. The first-order chi connectivity index (χ1) is 17.4. The van der Waals surface area contributed by atoms with E-state index in [0.717, 1.165) is 27.8 Å². The van der Waals surface area contributed by atoms with Crippen molar-refractivity contribution in [2.75, 3.05) is 11.5 Å². The number of anilines is 1. The number of amides is 1. The Kier molecular flexibility index (Phi) is 6.28. The zero-order valence-electron chi connectivity index (χ0n) is 20.2. The number of thiazole rings is 1. The number of ether oxygens (including phenoxy) is 1. The summed E-state index contributed by atoms with van der Waals surface area (Å²) in [7, 11) is 0. The van der Waals surface area contributed by atoms with Crippen molar-refractivity contribution in [3.05, 3.63) is 88.8 Å². The lowest BCUT2D eigenvalue weighted by Gasteiger charge is -2.22. The first-order valence-corrected chi connectivity index (χ1v) is 12.5. The summed E-state index contributed by atoms with van der Waals surface area (Å²) in [6, 6.07) is 13.5. The minimum atomic E-state index is -0.842. The van der Waals surface area contributed by atoms with Crippen molar-refractivity contribution >= 4 is 44.1 Å². The third-order valence-corrected chi connectivity index (χ3v) is 7.09. The Bertz CT molecular complexity index is 1490. The number of hydrogen-bond acceptors (Lipinski definition) is 7. The van der Waals surface area contributed by atoms with Crippen molar-refractivity contribution in [3.8, 4) is 5.75 Å². The van der Waals surface area contributed by atoms with E-state index in [4.69, 9.17) is 9.72 Å². The lowest BCUT2D eigenvalue weighted by Crippen LogP contribution is -2.29. The molecule has 0 spiro atoms. The number of aromatic nitrogens is 2. The molecule has 4 aromatic rings. The molecule has 1 N–H and O–H groups in total. The molecule has 1 aliphatic heterocycles. The Labute approximate surface area is 212 Å². The smallest absolute Gasteiger partial charge is 0.301 e. The summed E-state index contributed by atoms with van der Waals surface area (Å²) in [4.78, 5) is 37.0. The van der Waals surface area contributed by atoms with Gasteiger partial charge in [-0.05, 0) is 79.4 Å². The fourth-order valence-corrected chi connectivity index (χ4v) is 5.61. The van der Waals surface area contributed by atoms with Gasteiger partial charge in [-0.2, -0.15) is 0 Å². The van der Waals surface area contributed by atoms with E-state index in [9.17, 15) is 14.7 Å². The maximum Gasteiger partial charge on any atom is 0.301 e. The highest BCUT2D eigenvalue weighted by Crippen LogP contribution is 2.44. The molecule has 0 saturated carbocycles. The van der Waals surface area contributed by atoms with Crippen LogP contribution in [0.1, 0.15) is 41.6 Å². The number of benzene rings is 2. The largest absolute Gasteiger partial charge is 0.507 e. The number of carbonyl (C=O) groups is 2. The van der Waals surface area contributed by atoms with E-state index in [1.54, 1.807) is 48.8 Å². The van der Waals surface area contributed by atoms with Gasteiger partial charge in [0, 0.05) is 18.0 Å². The molecule has 2 aromatic carbocycles. The summed E-state index contributed by atoms with van der Waals surface area (Å²) in [6.07, 6.45) is 4.07. The summed E-state index contributed by atoms with van der Waals surface area (Å²) in [6.45, 7) is 6.58. The molecule has 1 saturated heterocycles. The Balaban J connectivity index is 1.65. The van der Waals surface area contributed by atoms with Crippen LogP contribution in [-0.2, 0) is 9.59 Å². The zero-order valence-corrected chi connectivity index (χ0v) is 21.0. The van der Waals surface area contributed by atoms with Crippen LogP contribution in [-0.4, -0.2) is 33.4 Å². The zero-order chi connectivity index (χ0) is 25.4. The number of rotatable bonds is 6.